The first-order valence-corrected chi connectivity index (χ1v) is 6.42. The number of anilines is 2. The second kappa shape index (κ2) is 6.96. The Morgan fingerprint density at radius 2 is 2.14 bits per heavy atom. The lowest BCUT2D eigenvalue weighted by atomic mass is 10.1. The van der Waals surface area contributed by atoms with Gasteiger partial charge in [-0.05, 0) is 23.7 Å². The van der Waals surface area contributed by atoms with Crippen LogP contribution in [0.1, 0.15) is 10.4 Å². The van der Waals surface area contributed by atoms with Crippen LogP contribution in [0.15, 0.2) is 30.5 Å². The van der Waals surface area contributed by atoms with Gasteiger partial charge in [-0.1, -0.05) is 12.1 Å². The molecule has 0 spiro atoms. The lowest BCUT2D eigenvalue weighted by Gasteiger charge is -2.11. The standard InChI is InChI=1S/C13H12ClFN4O2/c14-13-17-7-9(15)11(19-13)18-10-4-2-1-3-8(10)12(21)16-5-6-20/h1-4,7,20H,5-6H2,(H,16,21)(H,17,18,19). The second-order valence-corrected chi connectivity index (χ2v) is 4.32. The van der Waals surface area contributed by atoms with Gasteiger partial charge in [0.25, 0.3) is 5.91 Å². The van der Waals surface area contributed by atoms with E-state index in [2.05, 4.69) is 20.6 Å². The third-order valence-electron chi connectivity index (χ3n) is 2.54. The van der Waals surface area contributed by atoms with Crippen LogP contribution in [0.4, 0.5) is 15.9 Å². The summed E-state index contributed by atoms with van der Waals surface area (Å²) in [5, 5.41) is 13.8. The average Bonchev–Trinajstić information content (AvgIpc) is 2.49. The van der Waals surface area contributed by atoms with Gasteiger partial charge in [0.2, 0.25) is 5.28 Å². The van der Waals surface area contributed by atoms with E-state index in [9.17, 15) is 9.18 Å². The number of para-hydroxylation sites is 1. The van der Waals surface area contributed by atoms with Crippen LogP contribution in [0.5, 0.6) is 0 Å². The highest BCUT2D eigenvalue weighted by molar-refractivity contribution is 6.28. The molecule has 0 fully saturated rings. The summed E-state index contributed by atoms with van der Waals surface area (Å²) in [5.74, 6) is -1.21. The number of aliphatic hydroxyl groups is 1. The first-order valence-electron chi connectivity index (χ1n) is 6.05. The Bertz CT molecular complexity index is 654. The second-order valence-electron chi connectivity index (χ2n) is 3.99. The molecular weight excluding hydrogens is 299 g/mol. The van der Waals surface area contributed by atoms with Gasteiger partial charge >= 0.3 is 0 Å². The number of hydrogen-bond acceptors (Lipinski definition) is 5. The Morgan fingerprint density at radius 1 is 1.38 bits per heavy atom. The molecular formula is C13H12ClFN4O2. The number of aromatic nitrogens is 2. The number of halogens is 2. The lowest BCUT2D eigenvalue weighted by molar-refractivity contribution is 0.0945. The number of rotatable bonds is 5. The Labute approximate surface area is 125 Å². The van der Waals surface area contributed by atoms with Crippen LogP contribution in [-0.2, 0) is 0 Å². The summed E-state index contributed by atoms with van der Waals surface area (Å²) in [5.41, 5.74) is 0.654. The van der Waals surface area contributed by atoms with E-state index >= 15 is 0 Å². The molecule has 3 N–H and O–H groups in total. The van der Waals surface area contributed by atoms with Crippen LogP contribution >= 0.6 is 11.6 Å². The molecule has 0 radical (unpaired) electrons. The van der Waals surface area contributed by atoms with Crippen molar-refractivity contribution >= 4 is 29.0 Å². The van der Waals surface area contributed by atoms with Crippen molar-refractivity contribution in [2.45, 2.75) is 0 Å². The zero-order chi connectivity index (χ0) is 15.2. The highest BCUT2D eigenvalue weighted by Crippen LogP contribution is 2.22. The zero-order valence-corrected chi connectivity index (χ0v) is 11.6. The maximum atomic E-state index is 13.6. The third kappa shape index (κ3) is 3.87. The summed E-state index contributed by atoms with van der Waals surface area (Å²) in [6, 6.07) is 6.52. The van der Waals surface area contributed by atoms with Crippen molar-refractivity contribution in [3.8, 4) is 0 Å². The lowest BCUT2D eigenvalue weighted by Crippen LogP contribution is -2.27. The van der Waals surface area contributed by atoms with Crippen molar-refractivity contribution in [2.24, 2.45) is 0 Å². The van der Waals surface area contributed by atoms with E-state index in [1.165, 1.54) is 0 Å². The van der Waals surface area contributed by atoms with Gasteiger partial charge in [-0.15, -0.1) is 0 Å². The highest BCUT2D eigenvalue weighted by Gasteiger charge is 2.13. The molecule has 0 saturated heterocycles. The maximum Gasteiger partial charge on any atom is 0.253 e. The molecule has 1 aromatic carbocycles. The molecule has 0 atom stereocenters. The topological polar surface area (TPSA) is 87.1 Å². The SMILES string of the molecule is O=C(NCCO)c1ccccc1Nc1nc(Cl)ncc1F. The molecule has 0 saturated carbocycles. The predicted octanol–water partition coefficient (Wildman–Crippen LogP) is 1.73. The smallest absolute Gasteiger partial charge is 0.253 e. The van der Waals surface area contributed by atoms with E-state index in [0.717, 1.165) is 6.20 Å². The Morgan fingerprint density at radius 3 is 2.90 bits per heavy atom. The molecule has 21 heavy (non-hydrogen) atoms. The van der Waals surface area contributed by atoms with Crippen LogP contribution < -0.4 is 10.6 Å². The fourth-order valence-electron chi connectivity index (χ4n) is 1.62. The summed E-state index contributed by atoms with van der Waals surface area (Å²) in [4.78, 5) is 19.2. The minimum absolute atomic E-state index is 0.110. The first-order chi connectivity index (χ1) is 10.1. The van der Waals surface area contributed by atoms with Crippen molar-refractivity contribution in [3.63, 3.8) is 0 Å². The molecule has 2 rings (SSSR count). The molecule has 110 valence electrons. The van der Waals surface area contributed by atoms with Crippen molar-refractivity contribution in [1.29, 1.82) is 0 Å². The summed E-state index contributed by atoms with van der Waals surface area (Å²) in [7, 11) is 0. The van der Waals surface area contributed by atoms with Crippen LogP contribution in [0.2, 0.25) is 5.28 Å². The minimum Gasteiger partial charge on any atom is -0.395 e. The van der Waals surface area contributed by atoms with Gasteiger partial charge in [0.15, 0.2) is 11.6 Å². The molecule has 1 amide bonds. The molecule has 0 aliphatic rings. The average molecular weight is 311 g/mol. The fraction of sp³-hybridized carbons (Fsp3) is 0.154. The van der Waals surface area contributed by atoms with E-state index < -0.39 is 11.7 Å². The van der Waals surface area contributed by atoms with Crippen LogP contribution in [0, 0.1) is 5.82 Å². The van der Waals surface area contributed by atoms with Gasteiger partial charge in [-0.3, -0.25) is 4.79 Å². The number of nitrogens with zero attached hydrogens (tertiary/aromatic N) is 2. The predicted molar refractivity (Wildman–Crippen MR) is 76.1 cm³/mol. The number of carbonyl (C=O) groups is 1. The fourth-order valence-corrected chi connectivity index (χ4v) is 1.75. The Balaban J connectivity index is 2.28. The molecule has 2 aromatic rings. The number of amides is 1. The molecule has 1 heterocycles. The van der Waals surface area contributed by atoms with E-state index in [1.54, 1.807) is 24.3 Å². The van der Waals surface area contributed by atoms with Crippen molar-refractivity contribution in [2.75, 3.05) is 18.5 Å². The van der Waals surface area contributed by atoms with Gasteiger partial charge in [0.1, 0.15) is 0 Å². The van der Waals surface area contributed by atoms with Gasteiger partial charge in [-0.25, -0.2) is 9.37 Å². The summed E-state index contributed by atoms with van der Waals surface area (Å²) in [6.45, 7) is -0.0433. The quantitative estimate of drug-likeness (QED) is 0.732. The molecule has 1 aromatic heterocycles. The molecule has 0 aliphatic heterocycles. The van der Waals surface area contributed by atoms with Gasteiger partial charge in [0.05, 0.1) is 24.1 Å². The normalized spacial score (nSPS) is 10.2. The van der Waals surface area contributed by atoms with E-state index in [4.69, 9.17) is 16.7 Å². The number of carbonyl (C=O) groups excluding carboxylic acids is 1. The Kier molecular flexibility index (Phi) is 5.02. The zero-order valence-electron chi connectivity index (χ0n) is 10.8. The maximum absolute atomic E-state index is 13.6. The van der Waals surface area contributed by atoms with E-state index in [-0.39, 0.29) is 24.3 Å². The van der Waals surface area contributed by atoms with Crippen LogP contribution in [0.25, 0.3) is 0 Å². The van der Waals surface area contributed by atoms with Crippen molar-refractivity contribution in [3.05, 3.63) is 47.1 Å². The van der Waals surface area contributed by atoms with Gasteiger partial charge in [-0.2, -0.15) is 4.98 Å². The van der Waals surface area contributed by atoms with E-state index in [0.29, 0.717) is 11.3 Å². The summed E-state index contributed by atoms with van der Waals surface area (Å²) >= 11 is 5.62. The number of aliphatic hydroxyl groups excluding tert-OH is 1. The molecule has 0 bridgehead atoms. The van der Waals surface area contributed by atoms with Gasteiger partial charge < -0.3 is 15.7 Å². The van der Waals surface area contributed by atoms with E-state index in [1.807, 2.05) is 0 Å². The number of benzene rings is 1. The number of nitrogens with one attached hydrogen (secondary N) is 2. The molecule has 8 heteroatoms. The first kappa shape index (κ1) is 15.1. The monoisotopic (exact) mass is 310 g/mol. The molecule has 0 unspecified atom stereocenters. The van der Waals surface area contributed by atoms with Crippen LogP contribution in [-0.4, -0.2) is 34.1 Å². The Hall–Kier alpha value is -2.25. The highest BCUT2D eigenvalue weighted by atomic mass is 35.5. The van der Waals surface area contributed by atoms with Crippen molar-refractivity contribution < 1.29 is 14.3 Å². The minimum atomic E-state index is -0.690. The summed E-state index contributed by atoms with van der Waals surface area (Å²) in [6.07, 6.45) is 0.937. The number of hydrogen-bond donors (Lipinski definition) is 3. The summed E-state index contributed by atoms with van der Waals surface area (Å²) < 4.78 is 13.6. The van der Waals surface area contributed by atoms with Crippen molar-refractivity contribution in [1.82, 2.24) is 15.3 Å². The van der Waals surface area contributed by atoms with Crippen LogP contribution in [0.3, 0.4) is 0 Å². The largest absolute Gasteiger partial charge is 0.395 e. The molecule has 6 nitrogen and oxygen atoms in total. The van der Waals surface area contributed by atoms with Gasteiger partial charge in [0, 0.05) is 6.54 Å². The molecule has 0 aliphatic carbocycles. The third-order valence-corrected chi connectivity index (χ3v) is 2.72.